The topological polar surface area (TPSA) is 261 Å². The van der Waals surface area contributed by atoms with Gasteiger partial charge in [0, 0.05) is 11.8 Å². The lowest BCUT2D eigenvalue weighted by Gasteiger charge is -2.43. The molecule has 17 nitrogen and oxygen atoms in total. The second kappa shape index (κ2) is 14.2. The molecule has 0 bridgehead atoms. The lowest BCUT2D eigenvalue weighted by Crippen LogP contribution is -2.60. The van der Waals surface area contributed by atoms with Crippen LogP contribution in [0.2, 0.25) is 0 Å². The van der Waals surface area contributed by atoms with E-state index in [2.05, 4.69) is 6.58 Å². The molecule has 1 aromatic rings. The lowest BCUT2D eigenvalue weighted by molar-refractivity contribution is -0.339. The molecule has 17 heteroatoms. The fraction of sp³-hybridized carbons (Fsp3) is 0.586. The molecular weight excluding hydrogens is 620 g/mol. The van der Waals surface area contributed by atoms with Gasteiger partial charge in [0.15, 0.2) is 17.8 Å². The van der Waals surface area contributed by atoms with Crippen LogP contribution in [0.3, 0.4) is 0 Å². The highest BCUT2D eigenvalue weighted by molar-refractivity contribution is 5.93. The molecule has 4 heterocycles. The Balaban J connectivity index is 1.26. The van der Waals surface area contributed by atoms with Crippen molar-refractivity contribution in [3.63, 3.8) is 0 Å². The minimum atomic E-state index is -1.85. The number of aliphatic hydroxyl groups excluding tert-OH is 7. The number of ether oxygens (including phenoxy) is 7. The smallest absolute Gasteiger partial charge is 0.342 e. The van der Waals surface area contributed by atoms with Crippen molar-refractivity contribution in [3.8, 4) is 11.5 Å². The van der Waals surface area contributed by atoms with Crippen LogP contribution in [-0.2, 0) is 33.2 Å². The summed E-state index contributed by atoms with van der Waals surface area (Å²) in [5, 5.41) is 81.9. The molecule has 5 rings (SSSR count). The highest BCUT2D eigenvalue weighted by Gasteiger charge is 2.49. The van der Waals surface area contributed by atoms with Crippen LogP contribution < -0.4 is 4.74 Å². The van der Waals surface area contributed by atoms with Crippen molar-refractivity contribution in [1.82, 2.24) is 0 Å². The SMILES string of the molecule is C=C[C@H]1[C@H](O[C@@H]2O[C@H](COC(=O)c3cccc(O)c3O[C@@H]3O[C@H](CO)[C@@H](O)[C@H](O)[C@H]3O)[C@@H](O)[C@H](O)[C@H]2O)OC=C2C(=O)OCC[C@H]21. The minimum Gasteiger partial charge on any atom is -0.504 e. The number of fused-ring (bicyclic) bond motifs is 1. The van der Waals surface area contributed by atoms with E-state index in [1.165, 1.54) is 24.5 Å². The molecule has 0 radical (unpaired) electrons. The summed E-state index contributed by atoms with van der Waals surface area (Å²) in [5.41, 5.74) is -0.100. The Morgan fingerprint density at radius 3 is 2.30 bits per heavy atom. The molecule has 46 heavy (non-hydrogen) atoms. The molecule has 3 saturated heterocycles. The van der Waals surface area contributed by atoms with Crippen LogP contribution in [0.1, 0.15) is 16.8 Å². The van der Waals surface area contributed by atoms with Crippen molar-refractivity contribution >= 4 is 11.9 Å². The van der Waals surface area contributed by atoms with Crippen molar-refractivity contribution < 1.29 is 83.6 Å². The molecule has 0 aromatic heterocycles. The molecule has 8 N–H and O–H groups in total. The number of rotatable bonds is 9. The number of benzene rings is 1. The van der Waals surface area contributed by atoms with E-state index in [0.29, 0.717) is 12.0 Å². The number of carbonyl (C=O) groups is 2. The maximum Gasteiger partial charge on any atom is 0.342 e. The van der Waals surface area contributed by atoms with E-state index < -0.39 is 116 Å². The fourth-order valence-electron chi connectivity index (χ4n) is 5.65. The first-order valence-corrected chi connectivity index (χ1v) is 14.4. The van der Waals surface area contributed by atoms with E-state index in [4.69, 9.17) is 33.2 Å². The van der Waals surface area contributed by atoms with Crippen LogP contribution in [-0.4, -0.2) is 140 Å². The van der Waals surface area contributed by atoms with Gasteiger partial charge in [0.1, 0.15) is 61.0 Å². The van der Waals surface area contributed by atoms with Gasteiger partial charge in [-0.1, -0.05) is 12.1 Å². The minimum absolute atomic E-state index is 0.174. The van der Waals surface area contributed by atoms with Crippen LogP contribution in [0.4, 0.5) is 0 Å². The number of esters is 2. The molecule has 0 spiro atoms. The van der Waals surface area contributed by atoms with Crippen molar-refractivity contribution in [2.45, 2.75) is 74.1 Å². The van der Waals surface area contributed by atoms with E-state index in [1.54, 1.807) is 0 Å². The quantitative estimate of drug-likeness (QED) is 0.0983. The average Bonchev–Trinajstić information content (AvgIpc) is 3.05. The van der Waals surface area contributed by atoms with E-state index in [-0.39, 0.29) is 12.5 Å². The van der Waals surface area contributed by atoms with E-state index in [1.807, 2.05) is 0 Å². The van der Waals surface area contributed by atoms with E-state index in [9.17, 15) is 50.4 Å². The average molecular weight is 657 g/mol. The Hall–Kier alpha value is -3.36. The van der Waals surface area contributed by atoms with Gasteiger partial charge in [0.05, 0.1) is 25.0 Å². The molecule has 0 aliphatic carbocycles. The third-order valence-electron chi connectivity index (χ3n) is 8.29. The number of aromatic hydroxyl groups is 1. The maximum absolute atomic E-state index is 13.1. The molecule has 0 amide bonds. The number of aliphatic hydroxyl groups is 7. The Kier molecular flexibility index (Phi) is 10.5. The summed E-state index contributed by atoms with van der Waals surface area (Å²) in [5.74, 6) is -3.73. The normalized spacial score (nSPS) is 39.2. The van der Waals surface area contributed by atoms with Gasteiger partial charge in [-0.3, -0.25) is 0 Å². The van der Waals surface area contributed by atoms with Crippen LogP contribution in [0.25, 0.3) is 0 Å². The zero-order chi connectivity index (χ0) is 33.3. The van der Waals surface area contributed by atoms with Gasteiger partial charge in [-0.15, -0.1) is 6.58 Å². The molecule has 4 aliphatic rings. The number of phenols is 1. The number of hydrogen-bond acceptors (Lipinski definition) is 17. The zero-order valence-electron chi connectivity index (χ0n) is 24.2. The first kappa shape index (κ1) is 34.0. The molecule has 0 saturated carbocycles. The Morgan fingerprint density at radius 2 is 1.61 bits per heavy atom. The van der Waals surface area contributed by atoms with Crippen LogP contribution in [0.15, 0.2) is 42.7 Å². The maximum atomic E-state index is 13.1. The lowest BCUT2D eigenvalue weighted by atomic mass is 9.81. The van der Waals surface area contributed by atoms with Crippen molar-refractivity contribution in [1.29, 1.82) is 0 Å². The largest absolute Gasteiger partial charge is 0.504 e. The zero-order valence-corrected chi connectivity index (χ0v) is 24.2. The molecule has 13 atom stereocenters. The molecule has 0 unspecified atom stereocenters. The van der Waals surface area contributed by atoms with Gasteiger partial charge in [0.25, 0.3) is 0 Å². The molecule has 1 aromatic carbocycles. The summed E-state index contributed by atoms with van der Waals surface area (Å²) in [6.07, 6.45) is -14.7. The summed E-state index contributed by atoms with van der Waals surface area (Å²) in [6.45, 7) is 2.50. The second-order valence-electron chi connectivity index (χ2n) is 11.1. The summed E-state index contributed by atoms with van der Waals surface area (Å²) in [7, 11) is 0. The van der Waals surface area contributed by atoms with Gasteiger partial charge in [0.2, 0.25) is 12.6 Å². The highest BCUT2D eigenvalue weighted by Crippen LogP contribution is 2.39. The van der Waals surface area contributed by atoms with Gasteiger partial charge >= 0.3 is 11.9 Å². The van der Waals surface area contributed by atoms with E-state index >= 15 is 0 Å². The third-order valence-corrected chi connectivity index (χ3v) is 8.29. The monoisotopic (exact) mass is 656 g/mol. The predicted octanol–water partition coefficient (Wildman–Crippen LogP) is -2.84. The first-order chi connectivity index (χ1) is 22.0. The summed E-state index contributed by atoms with van der Waals surface area (Å²) in [4.78, 5) is 25.2. The number of carbonyl (C=O) groups excluding carboxylic acids is 2. The summed E-state index contributed by atoms with van der Waals surface area (Å²) >= 11 is 0. The highest BCUT2D eigenvalue weighted by atomic mass is 16.8. The number of cyclic esters (lactones) is 1. The van der Waals surface area contributed by atoms with Gasteiger partial charge < -0.3 is 74.0 Å². The second-order valence-corrected chi connectivity index (χ2v) is 11.1. The summed E-state index contributed by atoms with van der Waals surface area (Å²) < 4.78 is 38.1. The van der Waals surface area contributed by atoms with Gasteiger partial charge in [-0.25, -0.2) is 9.59 Å². The van der Waals surface area contributed by atoms with Crippen molar-refractivity contribution in [2.75, 3.05) is 19.8 Å². The van der Waals surface area contributed by atoms with Crippen molar-refractivity contribution in [2.24, 2.45) is 11.8 Å². The number of para-hydroxylation sites is 1. The third kappa shape index (κ3) is 6.56. The predicted molar refractivity (Wildman–Crippen MR) is 146 cm³/mol. The van der Waals surface area contributed by atoms with Crippen molar-refractivity contribution in [3.05, 3.63) is 48.3 Å². The fourth-order valence-corrected chi connectivity index (χ4v) is 5.65. The first-order valence-electron chi connectivity index (χ1n) is 14.4. The Bertz CT molecular complexity index is 1300. The molecule has 254 valence electrons. The summed E-state index contributed by atoms with van der Waals surface area (Å²) in [6, 6.07) is 3.60. The number of hydrogen-bond donors (Lipinski definition) is 8. The van der Waals surface area contributed by atoms with Crippen LogP contribution in [0, 0.1) is 11.8 Å². The van der Waals surface area contributed by atoms with Crippen LogP contribution >= 0.6 is 0 Å². The van der Waals surface area contributed by atoms with Gasteiger partial charge in [-0.2, -0.15) is 0 Å². The number of phenolic OH excluding ortho intramolecular Hbond substituents is 1. The molecular formula is C29H36O17. The van der Waals surface area contributed by atoms with Crippen LogP contribution in [0.5, 0.6) is 11.5 Å². The van der Waals surface area contributed by atoms with E-state index in [0.717, 1.165) is 6.07 Å². The molecule has 4 aliphatic heterocycles. The van der Waals surface area contributed by atoms with Gasteiger partial charge in [-0.05, 0) is 18.6 Å². The molecule has 3 fully saturated rings. The Labute approximate surface area is 261 Å². The Morgan fingerprint density at radius 1 is 0.935 bits per heavy atom. The standard InChI is InChI=1S/C29H36O17/c1-2-11-12-6-7-40-26(39)14(12)9-42-27(11)46-29-23(37)21(35)19(33)17(44-29)10-41-25(38)13-4-3-5-15(31)24(13)45-28-22(36)20(34)18(32)16(8-30)43-28/h2-5,9,11-12,16-23,27-37H,1,6-8,10H2/t11-,12+,16-,17-,18-,19-,20+,21+,22-,23-,27+,28+,29+/m1/s1.